The molecule has 0 fully saturated rings. The molecule has 0 aromatic carbocycles. The number of hydrogen-bond acceptors (Lipinski definition) is 1. The van der Waals surface area contributed by atoms with Gasteiger partial charge in [-0.2, -0.15) is 0 Å². The first-order valence-corrected chi connectivity index (χ1v) is 2.68. The van der Waals surface area contributed by atoms with E-state index in [1.54, 1.807) is 0 Å². The van der Waals surface area contributed by atoms with Crippen molar-refractivity contribution in [2.45, 2.75) is 0 Å². The molecule has 0 heterocycles. The molecule has 0 aromatic heterocycles. The van der Waals surface area contributed by atoms with Gasteiger partial charge in [-0.1, -0.05) is 0 Å². The van der Waals surface area contributed by atoms with E-state index in [0.717, 1.165) is 0 Å². The third-order valence-electron chi connectivity index (χ3n) is 0.717. The van der Waals surface area contributed by atoms with Crippen molar-refractivity contribution in [3.63, 3.8) is 0 Å². The molecule has 0 aliphatic carbocycles. The molecule has 0 N–H and O–H groups in total. The molecular weight excluding hydrogens is 164 g/mol. The summed E-state index contributed by atoms with van der Waals surface area (Å²) in [6.45, 7) is -1.39. The largest absolute Gasteiger partial charge is 0.367 e. The predicted octanol–water partition coefficient (Wildman–Crippen LogP) is 2.56. The molecule has 11 heavy (non-hydrogen) atoms. The van der Waals surface area contributed by atoms with Crippen LogP contribution < -0.4 is 0 Å². The van der Waals surface area contributed by atoms with Crippen LogP contribution in [-0.2, 0) is 4.74 Å². The minimum absolute atomic E-state index is 0.308. The number of hydrogen-bond donors (Lipinski definition) is 0. The molecule has 0 bridgehead atoms. The number of ether oxygens (including phenoxy) is 1. The van der Waals surface area contributed by atoms with Crippen molar-refractivity contribution in [3.05, 3.63) is 24.3 Å². The molecule has 0 radical (unpaired) electrons. The summed E-state index contributed by atoms with van der Waals surface area (Å²) in [4.78, 5) is 0. The monoisotopic (exact) mass is 170 g/mol. The van der Waals surface area contributed by atoms with Crippen molar-refractivity contribution in [1.29, 1.82) is 0 Å². The Balaban J connectivity index is 3.43. The molecule has 0 aliphatic rings. The second-order valence-electron chi connectivity index (χ2n) is 1.60. The molecule has 0 saturated carbocycles. The van der Waals surface area contributed by atoms with Crippen molar-refractivity contribution in [2.75, 3.05) is 13.2 Å². The first kappa shape index (κ1) is 10.2. The Labute approximate surface area is 61.0 Å². The average molecular weight is 170 g/mol. The lowest BCUT2D eigenvalue weighted by Crippen LogP contribution is -1.97. The standard InChI is InChI=1S/C6H6F4O/c7-1-5(9)3-11-4-6(10)2-8/h1-2H,3-4H2. The highest BCUT2D eigenvalue weighted by Crippen LogP contribution is 2.01. The molecule has 1 nitrogen and oxygen atoms in total. The van der Waals surface area contributed by atoms with E-state index in [1.165, 1.54) is 0 Å². The van der Waals surface area contributed by atoms with E-state index >= 15 is 0 Å². The number of halogens is 4. The molecule has 0 spiro atoms. The van der Waals surface area contributed by atoms with Crippen LogP contribution in [0.4, 0.5) is 17.6 Å². The van der Waals surface area contributed by atoms with Gasteiger partial charge in [-0.25, -0.2) is 17.6 Å². The van der Waals surface area contributed by atoms with Gasteiger partial charge in [-0.15, -0.1) is 0 Å². The van der Waals surface area contributed by atoms with Crippen LogP contribution >= 0.6 is 0 Å². The fourth-order valence-corrected chi connectivity index (χ4v) is 0.309. The first-order chi connectivity index (χ1) is 5.20. The highest BCUT2D eigenvalue weighted by Gasteiger charge is 1.97. The van der Waals surface area contributed by atoms with Gasteiger partial charge in [0.05, 0.1) is 0 Å². The fourth-order valence-electron chi connectivity index (χ4n) is 0.309. The maximum atomic E-state index is 11.8. The summed E-state index contributed by atoms with van der Waals surface area (Å²) in [5.74, 6) is -2.34. The Morgan fingerprint density at radius 2 is 1.36 bits per heavy atom. The second-order valence-corrected chi connectivity index (χ2v) is 1.60. The summed E-state index contributed by atoms with van der Waals surface area (Å²) in [6.07, 6.45) is -0.617. The lowest BCUT2D eigenvalue weighted by atomic mass is 10.6. The summed E-state index contributed by atoms with van der Waals surface area (Å²) < 4.78 is 50.2. The fraction of sp³-hybridized carbons (Fsp3) is 0.333. The van der Waals surface area contributed by atoms with E-state index < -0.39 is 24.9 Å². The third kappa shape index (κ3) is 5.60. The van der Waals surface area contributed by atoms with Gasteiger partial charge in [0.25, 0.3) is 0 Å². The molecule has 5 heteroatoms. The molecule has 0 unspecified atom stereocenters. The zero-order chi connectivity index (χ0) is 8.69. The van der Waals surface area contributed by atoms with E-state index in [-0.39, 0.29) is 12.7 Å². The maximum absolute atomic E-state index is 11.8. The van der Waals surface area contributed by atoms with Crippen LogP contribution in [0, 0.1) is 0 Å². The SMILES string of the molecule is FC=C(F)COCC(F)=CF. The highest BCUT2D eigenvalue weighted by atomic mass is 19.2. The summed E-state index contributed by atoms with van der Waals surface area (Å²) >= 11 is 0. The first-order valence-electron chi connectivity index (χ1n) is 2.68. The van der Waals surface area contributed by atoms with Gasteiger partial charge in [-0.05, 0) is 0 Å². The van der Waals surface area contributed by atoms with E-state index in [9.17, 15) is 17.6 Å². The smallest absolute Gasteiger partial charge is 0.154 e. The van der Waals surface area contributed by atoms with Crippen molar-refractivity contribution in [3.8, 4) is 0 Å². The van der Waals surface area contributed by atoms with Gasteiger partial charge in [0.2, 0.25) is 0 Å². The van der Waals surface area contributed by atoms with E-state index in [0.29, 0.717) is 0 Å². The van der Waals surface area contributed by atoms with Gasteiger partial charge in [-0.3, -0.25) is 0 Å². The third-order valence-corrected chi connectivity index (χ3v) is 0.717. The van der Waals surface area contributed by atoms with Crippen LogP contribution in [0.15, 0.2) is 24.3 Å². The average Bonchev–Trinajstić information content (AvgIpc) is 2.04. The Kier molecular flexibility index (Phi) is 5.46. The lowest BCUT2D eigenvalue weighted by molar-refractivity contribution is 0.148. The van der Waals surface area contributed by atoms with Gasteiger partial charge < -0.3 is 4.74 Å². The molecule has 0 rings (SSSR count). The van der Waals surface area contributed by atoms with Crippen LogP contribution in [0.2, 0.25) is 0 Å². The summed E-state index contributed by atoms with van der Waals surface area (Å²) in [5, 5.41) is 0. The van der Waals surface area contributed by atoms with Crippen LogP contribution in [-0.4, -0.2) is 13.2 Å². The Bertz CT molecular complexity index is 146. The van der Waals surface area contributed by atoms with Crippen LogP contribution in [0.25, 0.3) is 0 Å². The Morgan fingerprint density at radius 1 is 1.00 bits per heavy atom. The van der Waals surface area contributed by atoms with Gasteiger partial charge in [0.15, 0.2) is 11.7 Å². The van der Waals surface area contributed by atoms with Crippen molar-refractivity contribution >= 4 is 0 Å². The van der Waals surface area contributed by atoms with E-state index in [2.05, 4.69) is 4.74 Å². The van der Waals surface area contributed by atoms with Crippen molar-refractivity contribution in [1.82, 2.24) is 0 Å². The van der Waals surface area contributed by atoms with Crippen LogP contribution in [0.5, 0.6) is 0 Å². The zero-order valence-corrected chi connectivity index (χ0v) is 5.49. The Hall–Kier alpha value is -0.840. The van der Waals surface area contributed by atoms with Gasteiger partial charge in [0.1, 0.15) is 25.9 Å². The summed E-state index contributed by atoms with van der Waals surface area (Å²) in [7, 11) is 0. The molecule has 0 aromatic rings. The lowest BCUT2D eigenvalue weighted by Gasteiger charge is -1.97. The number of rotatable bonds is 4. The minimum Gasteiger partial charge on any atom is -0.367 e. The van der Waals surface area contributed by atoms with E-state index in [4.69, 9.17) is 0 Å². The summed E-state index contributed by atoms with van der Waals surface area (Å²) in [5.41, 5.74) is 0. The quantitative estimate of drug-likeness (QED) is 0.589. The molecule has 0 aliphatic heterocycles. The van der Waals surface area contributed by atoms with Crippen LogP contribution in [0.1, 0.15) is 0 Å². The Morgan fingerprint density at radius 3 is 1.64 bits per heavy atom. The predicted molar refractivity (Wildman–Crippen MR) is 31.4 cm³/mol. The molecular formula is C6H6F4O. The minimum atomic E-state index is -1.17. The van der Waals surface area contributed by atoms with Crippen molar-refractivity contribution < 1.29 is 22.3 Å². The van der Waals surface area contributed by atoms with Gasteiger partial charge in [0, 0.05) is 0 Å². The topological polar surface area (TPSA) is 9.23 Å². The normalized spacial score (nSPS) is 13.8. The van der Waals surface area contributed by atoms with Crippen LogP contribution in [0.3, 0.4) is 0 Å². The van der Waals surface area contributed by atoms with Gasteiger partial charge >= 0.3 is 0 Å². The highest BCUT2D eigenvalue weighted by molar-refractivity contribution is 4.87. The second kappa shape index (κ2) is 5.91. The van der Waals surface area contributed by atoms with E-state index in [1.807, 2.05) is 0 Å². The zero-order valence-electron chi connectivity index (χ0n) is 5.49. The molecule has 0 saturated heterocycles. The molecule has 64 valence electrons. The van der Waals surface area contributed by atoms with Crippen molar-refractivity contribution in [2.24, 2.45) is 0 Å². The summed E-state index contributed by atoms with van der Waals surface area (Å²) in [6, 6.07) is 0. The molecule has 0 atom stereocenters. The molecule has 0 amide bonds. The maximum Gasteiger partial charge on any atom is 0.154 e.